The molecular weight excluding hydrogens is 401 g/mol. The molecule has 1 aliphatic heterocycles. The summed E-state index contributed by atoms with van der Waals surface area (Å²) in [6, 6.07) is 10.3. The van der Waals surface area contributed by atoms with Gasteiger partial charge in [-0.05, 0) is 55.8 Å². The number of sulfonamides is 1. The molecule has 1 aliphatic rings. The van der Waals surface area contributed by atoms with Crippen LogP contribution in [0.15, 0.2) is 53.4 Å². The van der Waals surface area contributed by atoms with Gasteiger partial charge in [0, 0.05) is 6.54 Å². The molecule has 0 radical (unpaired) electrons. The van der Waals surface area contributed by atoms with Crippen LogP contribution in [0, 0.1) is 5.82 Å². The molecule has 1 atom stereocenters. The number of carboxylic acid groups (broad SMARTS) is 1. The van der Waals surface area contributed by atoms with Crippen LogP contribution in [0.4, 0.5) is 4.39 Å². The SMILES string of the molecule is CC1(C)OCCN(S(=O)(=O)c2ccc(OCc3ccc(F)cc3)cc2)[C@H]1C(=O)O. The highest BCUT2D eigenvalue weighted by atomic mass is 32.2. The molecule has 7 nitrogen and oxygen atoms in total. The molecule has 3 rings (SSSR count). The Labute approximate surface area is 168 Å². The first-order valence-corrected chi connectivity index (χ1v) is 10.4. The lowest BCUT2D eigenvalue weighted by atomic mass is 9.97. The van der Waals surface area contributed by atoms with Crippen molar-refractivity contribution in [1.82, 2.24) is 4.31 Å². The predicted molar refractivity (Wildman–Crippen MR) is 103 cm³/mol. The minimum Gasteiger partial charge on any atom is -0.489 e. The number of hydrogen-bond donors (Lipinski definition) is 1. The van der Waals surface area contributed by atoms with Gasteiger partial charge < -0.3 is 14.6 Å². The fourth-order valence-electron chi connectivity index (χ4n) is 3.22. The van der Waals surface area contributed by atoms with Gasteiger partial charge in [-0.1, -0.05) is 12.1 Å². The lowest BCUT2D eigenvalue weighted by molar-refractivity contribution is -0.162. The van der Waals surface area contributed by atoms with Crippen LogP contribution in [0.5, 0.6) is 5.75 Å². The zero-order chi connectivity index (χ0) is 21.2. The van der Waals surface area contributed by atoms with E-state index in [2.05, 4.69) is 0 Å². The summed E-state index contributed by atoms with van der Waals surface area (Å²) in [4.78, 5) is 11.7. The fraction of sp³-hybridized carbons (Fsp3) is 0.350. The minimum absolute atomic E-state index is 0.0319. The molecule has 2 aromatic rings. The largest absolute Gasteiger partial charge is 0.489 e. The zero-order valence-corrected chi connectivity index (χ0v) is 16.9. The molecule has 1 heterocycles. The maximum atomic E-state index is 13.0. The van der Waals surface area contributed by atoms with Crippen molar-refractivity contribution in [3.05, 3.63) is 59.9 Å². The Balaban J connectivity index is 1.77. The van der Waals surface area contributed by atoms with Gasteiger partial charge in [0.15, 0.2) is 6.04 Å². The van der Waals surface area contributed by atoms with E-state index in [1.54, 1.807) is 26.0 Å². The Morgan fingerprint density at radius 2 is 1.83 bits per heavy atom. The number of rotatable bonds is 6. The summed E-state index contributed by atoms with van der Waals surface area (Å²) in [5.41, 5.74) is -0.391. The van der Waals surface area contributed by atoms with Crippen molar-refractivity contribution in [2.75, 3.05) is 13.2 Å². The molecule has 1 saturated heterocycles. The molecule has 29 heavy (non-hydrogen) atoms. The maximum absolute atomic E-state index is 13.0. The van der Waals surface area contributed by atoms with Crippen LogP contribution in [0.2, 0.25) is 0 Å². The van der Waals surface area contributed by atoms with E-state index < -0.39 is 27.6 Å². The van der Waals surface area contributed by atoms with E-state index in [0.717, 1.165) is 9.87 Å². The lowest BCUT2D eigenvalue weighted by Crippen LogP contribution is -2.61. The number of aliphatic carboxylic acids is 1. The van der Waals surface area contributed by atoms with Gasteiger partial charge in [0.1, 0.15) is 18.2 Å². The first kappa shape index (κ1) is 21.2. The molecule has 1 N–H and O–H groups in total. The van der Waals surface area contributed by atoms with Crippen LogP contribution < -0.4 is 4.74 Å². The second kappa shape index (κ2) is 8.10. The van der Waals surface area contributed by atoms with Crippen LogP contribution >= 0.6 is 0 Å². The fourth-order valence-corrected chi connectivity index (χ4v) is 4.91. The molecule has 0 amide bonds. The first-order valence-electron chi connectivity index (χ1n) is 8.97. The molecule has 0 bridgehead atoms. The van der Waals surface area contributed by atoms with Gasteiger partial charge in [-0.2, -0.15) is 4.31 Å². The summed E-state index contributed by atoms with van der Waals surface area (Å²) in [6.07, 6.45) is 0. The van der Waals surface area contributed by atoms with Crippen molar-refractivity contribution < 1.29 is 32.2 Å². The molecule has 1 fully saturated rings. The molecule has 0 unspecified atom stereocenters. The second-order valence-electron chi connectivity index (χ2n) is 7.19. The van der Waals surface area contributed by atoms with Crippen LogP contribution in [-0.2, 0) is 26.2 Å². The highest BCUT2D eigenvalue weighted by Crippen LogP contribution is 2.30. The van der Waals surface area contributed by atoms with E-state index in [-0.39, 0.29) is 30.5 Å². The van der Waals surface area contributed by atoms with Gasteiger partial charge in [-0.25, -0.2) is 12.8 Å². The number of nitrogens with zero attached hydrogens (tertiary/aromatic N) is 1. The van der Waals surface area contributed by atoms with E-state index in [9.17, 15) is 22.7 Å². The standard InChI is InChI=1S/C20H22FNO6S/c1-20(2)18(19(23)24)22(11-12-28-20)29(25,26)17-9-7-16(8-10-17)27-13-14-3-5-15(21)6-4-14/h3-10,18H,11-13H2,1-2H3,(H,23,24)/t18-/m0/s1. The molecule has 9 heteroatoms. The molecule has 0 aromatic heterocycles. The van der Waals surface area contributed by atoms with Crippen molar-refractivity contribution >= 4 is 16.0 Å². The summed E-state index contributed by atoms with van der Waals surface area (Å²) < 4.78 is 51.1. The summed E-state index contributed by atoms with van der Waals surface area (Å²) in [5.74, 6) is -1.17. The molecule has 0 aliphatic carbocycles. The van der Waals surface area contributed by atoms with Crippen molar-refractivity contribution in [3.63, 3.8) is 0 Å². The van der Waals surface area contributed by atoms with E-state index >= 15 is 0 Å². The van der Waals surface area contributed by atoms with E-state index in [4.69, 9.17) is 9.47 Å². The van der Waals surface area contributed by atoms with Gasteiger partial charge in [0.05, 0.1) is 17.1 Å². The number of ether oxygens (including phenoxy) is 2. The maximum Gasteiger partial charge on any atom is 0.325 e. The Morgan fingerprint density at radius 1 is 1.21 bits per heavy atom. The third-order valence-corrected chi connectivity index (χ3v) is 6.59. The van der Waals surface area contributed by atoms with Gasteiger partial charge in [-0.3, -0.25) is 4.79 Å². The smallest absolute Gasteiger partial charge is 0.325 e. The Kier molecular flexibility index (Phi) is 5.92. The van der Waals surface area contributed by atoms with Crippen molar-refractivity contribution in [1.29, 1.82) is 0 Å². The monoisotopic (exact) mass is 423 g/mol. The topological polar surface area (TPSA) is 93.1 Å². The number of benzene rings is 2. The zero-order valence-electron chi connectivity index (χ0n) is 16.0. The van der Waals surface area contributed by atoms with Crippen LogP contribution in [-0.4, -0.2) is 48.6 Å². The highest BCUT2D eigenvalue weighted by Gasteiger charge is 2.48. The predicted octanol–water partition coefficient (Wildman–Crippen LogP) is 2.66. The molecule has 156 valence electrons. The summed E-state index contributed by atoms with van der Waals surface area (Å²) >= 11 is 0. The quantitative estimate of drug-likeness (QED) is 0.768. The molecule has 0 saturated carbocycles. The Bertz CT molecular complexity index is 973. The minimum atomic E-state index is -4.04. The average molecular weight is 423 g/mol. The number of carbonyl (C=O) groups is 1. The molecule has 0 spiro atoms. The summed E-state index contributed by atoms with van der Waals surface area (Å²) in [5, 5.41) is 9.56. The van der Waals surface area contributed by atoms with Gasteiger partial charge >= 0.3 is 5.97 Å². The Morgan fingerprint density at radius 3 is 2.41 bits per heavy atom. The first-order chi connectivity index (χ1) is 13.6. The van der Waals surface area contributed by atoms with Crippen LogP contribution in [0.25, 0.3) is 0 Å². The van der Waals surface area contributed by atoms with Gasteiger partial charge in [0.2, 0.25) is 10.0 Å². The molecule has 2 aromatic carbocycles. The van der Waals surface area contributed by atoms with Crippen molar-refractivity contribution in [3.8, 4) is 5.75 Å². The highest BCUT2D eigenvalue weighted by molar-refractivity contribution is 7.89. The lowest BCUT2D eigenvalue weighted by Gasteiger charge is -2.42. The van der Waals surface area contributed by atoms with Crippen molar-refractivity contribution in [2.24, 2.45) is 0 Å². The summed E-state index contributed by atoms with van der Waals surface area (Å²) in [6.45, 7) is 3.37. The van der Waals surface area contributed by atoms with Crippen LogP contribution in [0.1, 0.15) is 19.4 Å². The number of halogens is 1. The second-order valence-corrected chi connectivity index (χ2v) is 9.09. The number of carboxylic acids is 1. The van der Waals surface area contributed by atoms with E-state index in [0.29, 0.717) is 5.75 Å². The third-order valence-electron chi connectivity index (χ3n) is 4.72. The number of hydrogen-bond acceptors (Lipinski definition) is 5. The van der Waals surface area contributed by atoms with Gasteiger partial charge in [0.25, 0.3) is 0 Å². The van der Waals surface area contributed by atoms with Crippen LogP contribution in [0.3, 0.4) is 0 Å². The normalized spacial score (nSPS) is 19.6. The molecular formula is C20H22FNO6S. The van der Waals surface area contributed by atoms with E-state index in [1.165, 1.54) is 36.4 Å². The van der Waals surface area contributed by atoms with E-state index in [1.807, 2.05) is 0 Å². The third kappa shape index (κ3) is 4.58. The van der Waals surface area contributed by atoms with Crippen molar-refractivity contribution in [2.45, 2.75) is 37.0 Å². The number of morpholine rings is 1. The summed E-state index contributed by atoms with van der Waals surface area (Å²) in [7, 11) is -4.04. The average Bonchev–Trinajstić information content (AvgIpc) is 2.66. The Hall–Kier alpha value is -2.49. The van der Waals surface area contributed by atoms with Gasteiger partial charge in [-0.15, -0.1) is 0 Å².